The largest absolute Gasteiger partial charge is 0.465 e. The third kappa shape index (κ3) is 5.91. The van der Waals surface area contributed by atoms with Crippen molar-refractivity contribution in [1.29, 1.82) is 0 Å². The Morgan fingerprint density at radius 1 is 1.09 bits per heavy atom. The van der Waals surface area contributed by atoms with Crippen LogP contribution in [0.4, 0.5) is 13.2 Å². The monoisotopic (exact) mass is 463 g/mol. The van der Waals surface area contributed by atoms with Gasteiger partial charge in [-0.05, 0) is 37.1 Å². The molecule has 2 aromatic carbocycles. The first-order valence-electron chi connectivity index (χ1n) is 10.3. The number of hydrogen-bond donors (Lipinski definition) is 0. The Hall–Kier alpha value is -2.81. The van der Waals surface area contributed by atoms with Crippen molar-refractivity contribution in [2.45, 2.75) is 49.7 Å². The zero-order valence-corrected chi connectivity index (χ0v) is 18.6. The van der Waals surface area contributed by atoms with E-state index in [1.807, 2.05) is 37.3 Å². The van der Waals surface area contributed by atoms with Gasteiger partial charge in [0, 0.05) is 6.42 Å². The Bertz CT molecular complexity index is 1040. The maximum absolute atomic E-state index is 13.4. The van der Waals surface area contributed by atoms with Crippen LogP contribution >= 0.6 is 11.8 Å². The number of hydrogen-bond acceptors (Lipinski definition) is 5. The molecule has 0 N–H and O–H groups in total. The van der Waals surface area contributed by atoms with Crippen molar-refractivity contribution in [1.82, 2.24) is 14.8 Å². The molecular formula is C23H24F3N3O2S. The third-order valence-electron chi connectivity index (χ3n) is 4.69. The van der Waals surface area contributed by atoms with Crippen molar-refractivity contribution in [2.75, 3.05) is 6.61 Å². The van der Waals surface area contributed by atoms with Crippen LogP contribution in [0, 0.1) is 0 Å². The van der Waals surface area contributed by atoms with Crippen molar-refractivity contribution in [3.63, 3.8) is 0 Å². The SMILES string of the molecule is CCC[C@H](Sc1nnc(Cc2ccccc2)n1-c1cccc(C(F)(F)F)c1)C(=O)OCC. The maximum atomic E-state index is 13.4. The minimum absolute atomic E-state index is 0.249. The Morgan fingerprint density at radius 3 is 2.50 bits per heavy atom. The number of carbonyl (C=O) groups is 1. The minimum Gasteiger partial charge on any atom is -0.465 e. The van der Waals surface area contributed by atoms with E-state index in [4.69, 9.17) is 4.74 Å². The molecule has 0 saturated carbocycles. The molecular weight excluding hydrogens is 439 g/mol. The highest BCUT2D eigenvalue weighted by molar-refractivity contribution is 8.00. The fourth-order valence-corrected chi connectivity index (χ4v) is 4.38. The molecule has 0 spiro atoms. The van der Waals surface area contributed by atoms with Crippen molar-refractivity contribution in [2.24, 2.45) is 0 Å². The number of thioether (sulfide) groups is 1. The van der Waals surface area contributed by atoms with Crippen molar-refractivity contribution < 1.29 is 22.7 Å². The fourth-order valence-electron chi connectivity index (χ4n) is 3.20. The van der Waals surface area contributed by atoms with Gasteiger partial charge in [0.05, 0.1) is 17.9 Å². The smallest absolute Gasteiger partial charge is 0.416 e. The molecule has 0 fully saturated rings. The molecule has 0 aliphatic carbocycles. The lowest BCUT2D eigenvalue weighted by Crippen LogP contribution is -2.21. The van der Waals surface area contributed by atoms with Gasteiger partial charge in [-0.3, -0.25) is 9.36 Å². The molecule has 0 unspecified atom stereocenters. The van der Waals surface area contributed by atoms with Crippen LogP contribution in [0.5, 0.6) is 0 Å². The van der Waals surface area contributed by atoms with E-state index in [1.54, 1.807) is 17.6 Å². The van der Waals surface area contributed by atoms with Gasteiger partial charge in [0.2, 0.25) is 0 Å². The summed E-state index contributed by atoms with van der Waals surface area (Å²) in [6, 6.07) is 14.5. The van der Waals surface area contributed by atoms with Gasteiger partial charge in [-0.1, -0.05) is 61.5 Å². The highest BCUT2D eigenvalue weighted by atomic mass is 32.2. The summed E-state index contributed by atoms with van der Waals surface area (Å²) in [4.78, 5) is 12.4. The molecule has 9 heteroatoms. The molecule has 3 rings (SSSR count). The number of carbonyl (C=O) groups excluding carboxylic acids is 1. The van der Waals surface area contributed by atoms with Crippen LogP contribution in [0.15, 0.2) is 59.8 Å². The van der Waals surface area contributed by atoms with Gasteiger partial charge in [0.25, 0.3) is 0 Å². The first-order chi connectivity index (χ1) is 15.3. The molecule has 0 aliphatic rings. The summed E-state index contributed by atoms with van der Waals surface area (Å²) < 4.78 is 46.8. The lowest BCUT2D eigenvalue weighted by atomic mass is 10.1. The molecule has 170 valence electrons. The molecule has 1 aromatic heterocycles. The van der Waals surface area contributed by atoms with Gasteiger partial charge in [-0.15, -0.1) is 10.2 Å². The molecule has 3 aromatic rings. The topological polar surface area (TPSA) is 57.0 Å². The number of halogens is 3. The number of alkyl halides is 3. The highest BCUT2D eigenvalue weighted by Gasteiger charge is 2.31. The molecule has 1 atom stereocenters. The first kappa shape index (κ1) is 23.8. The van der Waals surface area contributed by atoms with Crippen molar-refractivity contribution in [3.05, 3.63) is 71.5 Å². The number of ether oxygens (including phenoxy) is 1. The van der Waals surface area contributed by atoms with Crippen molar-refractivity contribution in [3.8, 4) is 5.69 Å². The van der Waals surface area contributed by atoms with Gasteiger partial charge in [0.15, 0.2) is 5.16 Å². The van der Waals surface area contributed by atoms with Gasteiger partial charge in [-0.2, -0.15) is 13.2 Å². The van der Waals surface area contributed by atoms with Crippen LogP contribution in [0.2, 0.25) is 0 Å². The van der Waals surface area contributed by atoms with E-state index in [-0.39, 0.29) is 18.3 Å². The van der Waals surface area contributed by atoms with Gasteiger partial charge >= 0.3 is 12.1 Å². The summed E-state index contributed by atoms with van der Waals surface area (Å²) in [6.07, 6.45) is -2.81. The maximum Gasteiger partial charge on any atom is 0.416 e. The standard InChI is InChI=1S/C23H24F3N3O2S/c1-3-9-19(21(30)31-4-2)32-22-28-27-20(14-16-10-6-5-7-11-16)29(22)18-13-8-12-17(15-18)23(24,25)26/h5-8,10-13,15,19H,3-4,9,14H2,1-2H3/t19-/m0/s1. The van der Waals surface area contributed by atoms with E-state index < -0.39 is 17.0 Å². The molecule has 0 radical (unpaired) electrons. The van der Waals surface area contributed by atoms with E-state index >= 15 is 0 Å². The molecule has 0 aliphatic heterocycles. The Balaban J connectivity index is 2.05. The quantitative estimate of drug-likeness (QED) is 0.301. The number of rotatable bonds is 9. The Kier molecular flexibility index (Phi) is 7.95. The molecule has 0 bridgehead atoms. The van der Waals surface area contributed by atoms with E-state index in [0.29, 0.717) is 23.8 Å². The van der Waals surface area contributed by atoms with Gasteiger partial charge in [-0.25, -0.2) is 0 Å². The molecule has 0 amide bonds. The lowest BCUT2D eigenvalue weighted by molar-refractivity contribution is -0.142. The molecule has 32 heavy (non-hydrogen) atoms. The number of esters is 1. The predicted octanol–water partition coefficient (Wildman–Crippen LogP) is 5.70. The van der Waals surface area contributed by atoms with E-state index in [2.05, 4.69) is 10.2 Å². The van der Waals surface area contributed by atoms with E-state index in [0.717, 1.165) is 35.9 Å². The van der Waals surface area contributed by atoms with Crippen LogP contribution in [-0.4, -0.2) is 32.6 Å². The average molecular weight is 464 g/mol. The minimum atomic E-state index is -4.48. The number of aromatic nitrogens is 3. The molecule has 1 heterocycles. The normalized spacial score (nSPS) is 12.5. The van der Waals surface area contributed by atoms with E-state index in [9.17, 15) is 18.0 Å². The van der Waals surface area contributed by atoms with Crippen LogP contribution in [0.3, 0.4) is 0 Å². The third-order valence-corrected chi connectivity index (χ3v) is 5.87. The van der Waals surface area contributed by atoms with Crippen molar-refractivity contribution >= 4 is 17.7 Å². The Labute approximate surface area is 189 Å². The molecule has 0 saturated heterocycles. The second kappa shape index (κ2) is 10.7. The number of benzene rings is 2. The lowest BCUT2D eigenvalue weighted by Gasteiger charge is -2.16. The van der Waals surface area contributed by atoms with E-state index in [1.165, 1.54) is 6.07 Å². The summed E-state index contributed by atoms with van der Waals surface area (Å²) in [5.74, 6) is 0.111. The zero-order valence-electron chi connectivity index (χ0n) is 17.8. The Morgan fingerprint density at radius 2 is 1.84 bits per heavy atom. The number of nitrogens with zero attached hydrogens (tertiary/aromatic N) is 3. The summed E-state index contributed by atoms with van der Waals surface area (Å²) in [7, 11) is 0. The first-order valence-corrected chi connectivity index (χ1v) is 11.2. The molecule has 5 nitrogen and oxygen atoms in total. The van der Waals surface area contributed by atoms with Crippen LogP contribution in [0.25, 0.3) is 5.69 Å². The zero-order chi connectivity index (χ0) is 23.1. The summed E-state index contributed by atoms with van der Waals surface area (Å²) >= 11 is 1.16. The van der Waals surface area contributed by atoms with Gasteiger partial charge < -0.3 is 4.74 Å². The highest BCUT2D eigenvalue weighted by Crippen LogP contribution is 2.33. The average Bonchev–Trinajstić information content (AvgIpc) is 3.15. The van der Waals surface area contributed by atoms with Crippen LogP contribution < -0.4 is 0 Å². The second-order valence-corrected chi connectivity index (χ2v) is 8.26. The summed E-state index contributed by atoms with van der Waals surface area (Å²) in [5, 5.41) is 8.31. The van der Waals surface area contributed by atoms with Gasteiger partial charge in [0.1, 0.15) is 11.1 Å². The fraction of sp³-hybridized carbons (Fsp3) is 0.348. The van der Waals surface area contributed by atoms with Crippen LogP contribution in [0.1, 0.15) is 43.6 Å². The van der Waals surface area contributed by atoms with Crippen LogP contribution in [-0.2, 0) is 22.1 Å². The summed E-state index contributed by atoms with van der Waals surface area (Å²) in [6.45, 7) is 3.93. The predicted molar refractivity (Wildman–Crippen MR) is 117 cm³/mol. The summed E-state index contributed by atoms with van der Waals surface area (Å²) in [5.41, 5.74) is 0.471. The second-order valence-electron chi connectivity index (χ2n) is 7.09.